The zero-order valence-electron chi connectivity index (χ0n) is 12.5. The van der Waals surface area contributed by atoms with Crippen molar-refractivity contribution in [3.8, 4) is 11.8 Å². The van der Waals surface area contributed by atoms with Crippen LogP contribution in [0.5, 0.6) is 5.75 Å². The van der Waals surface area contributed by atoms with Crippen molar-refractivity contribution < 1.29 is 9.57 Å². The number of unbranched alkanes of at least 4 members (excludes halogenated alkanes) is 4. The normalized spacial score (nSPS) is 17.0. The van der Waals surface area contributed by atoms with Crippen molar-refractivity contribution >= 4 is 5.71 Å². The maximum absolute atomic E-state index is 8.78. The molecule has 21 heavy (non-hydrogen) atoms. The van der Waals surface area contributed by atoms with Crippen molar-refractivity contribution in [2.75, 3.05) is 6.61 Å². The van der Waals surface area contributed by atoms with Crippen LogP contribution in [0.4, 0.5) is 0 Å². The van der Waals surface area contributed by atoms with Gasteiger partial charge in [-0.1, -0.05) is 37.8 Å². The summed E-state index contributed by atoms with van der Waals surface area (Å²) in [4.78, 5) is 5.01. The van der Waals surface area contributed by atoms with Gasteiger partial charge in [0.15, 0.2) is 0 Å². The van der Waals surface area contributed by atoms with Gasteiger partial charge in [-0.05, 0) is 36.2 Å². The van der Waals surface area contributed by atoms with Gasteiger partial charge < -0.3 is 9.57 Å². The highest BCUT2D eigenvalue weighted by Crippen LogP contribution is 2.19. The molecule has 1 aliphatic heterocycles. The first kappa shape index (κ1) is 15.4. The number of benzene rings is 1. The molecule has 0 amide bonds. The summed E-state index contributed by atoms with van der Waals surface area (Å²) in [5.41, 5.74) is 1.82. The van der Waals surface area contributed by atoms with Gasteiger partial charge in [0, 0.05) is 6.42 Å². The van der Waals surface area contributed by atoms with Crippen molar-refractivity contribution in [3.63, 3.8) is 0 Å². The van der Waals surface area contributed by atoms with E-state index in [-0.39, 0.29) is 0 Å². The lowest BCUT2D eigenvalue weighted by atomic mass is 10.1. The minimum atomic E-state index is -0.445. The maximum atomic E-state index is 8.78. The molecule has 112 valence electrons. The predicted octanol–water partition coefficient (Wildman–Crippen LogP) is 4.05. The molecule has 1 heterocycles. The van der Waals surface area contributed by atoms with E-state index in [1.807, 2.05) is 24.3 Å². The van der Waals surface area contributed by atoms with E-state index in [9.17, 15) is 0 Å². The lowest BCUT2D eigenvalue weighted by Crippen LogP contribution is -2.05. The Hall–Kier alpha value is -2.02. The van der Waals surface area contributed by atoms with E-state index in [2.05, 4.69) is 18.1 Å². The summed E-state index contributed by atoms with van der Waals surface area (Å²) < 4.78 is 5.72. The lowest BCUT2D eigenvalue weighted by molar-refractivity contribution is 0.125. The van der Waals surface area contributed by atoms with Crippen LogP contribution in [-0.2, 0) is 4.84 Å². The van der Waals surface area contributed by atoms with Crippen LogP contribution in [0.2, 0.25) is 0 Å². The highest BCUT2D eigenvalue weighted by Gasteiger charge is 2.21. The molecular weight excluding hydrogens is 264 g/mol. The van der Waals surface area contributed by atoms with Gasteiger partial charge in [-0.15, -0.1) is 0 Å². The van der Waals surface area contributed by atoms with E-state index in [4.69, 9.17) is 14.8 Å². The van der Waals surface area contributed by atoms with Crippen LogP contribution >= 0.6 is 0 Å². The summed E-state index contributed by atoms with van der Waals surface area (Å²) in [6.45, 7) is 2.99. The van der Waals surface area contributed by atoms with Crippen LogP contribution < -0.4 is 4.74 Å². The molecule has 0 spiro atoms. The first-order valence-corrected chi connectivity index (χ1v) is 7.69. The van der Waals surface area contributed by atoms with Gasteiger partial charge >= 0.3 is 0 Å². The van der Waals surface area contributed by atoms with Gasteiger partial charge in [0.1, 0.15) is 11.8 Å². The van der Waals surface area contributed by atoms with Crippen molar-refractivity contribution in [1.29, 1.82) is 5.26 Å². The molecule has 1 aliphatic rings. The van der Waals surface area contributed by atoms with Gasteiger partial charge in [0.2, 0.25) is 6.10 Å². The molecule has 1 atom stereocenters. The van der Waals surface area contributed by atoms with Crippen LogP contribution in [-0.4, -0.2) is 18.4 Å². The Bertz CT molecular complexity index is 503. The molecule has 1 aromatic rings. The second-order valence-corrected chi connectivity index (χ2v) is 5.25. The number of hydrogen-bond acceptors (Lipinski definition) is 4. The van der Waals surface area contributed by atoms with Crippen molar-refractivity contribution in [1.82, 2.24) is 0 Å². The Kier molecular flexibility index (Phi) is 6.08. The molecule has 2 rings (SSSR count). The number of rotatable bonds is 8. The highest BCUT2D eigenvalue weighted by molar-refractivity contribution is 6.01. The molecule has 4 heteroatoms. The minimum absolute atomic E-state index is 0.445. The Morgan fingerprint density at radius 3 is 2.67 bits per heavy atom. The molecule has 0 saturated heterocycles. The topological polar surface area (TPSA) is 54.6 Å². The largest absolute Gasteiger partial charge is 0.494 e. The Labute approximate surface area is 126 Å². The Balaban J connectivity index is 1.74. The van der Waals surface area contributed by atoms with Gasteiger partial charge in [-0.2, -0.15) is 5.26 Å². The third kappa shape index (κ3) is 4.78. The van der Waals surface area contributed by atoms with E-state index in [1.165, 1.54) is 25.7 Å². The van der Waals surface area contributed by atoms with E-state index >= 15 is 0 Å². The molecule has 0 radical (unpaired) electrons. The van der Waals surface area contributed by atoms with E-state index in [0.717, 1.165) is 30.1 Å². The summed E-state index contributed by atoms with van der Waals surface area (Å²) in [7, 11) is 0. The van der Waals surface area contributed by atoms with Crippen molar-refractivity contribution in [2.24, 2.45) is 5.16 Å². The SMILES string of the molecule is CCCCCCCOc1ccc(C2=NOC(C#N)C2)cc1. The first-order valence-electron chi connectivity index (χ1n) is 7.69. The lowest BCUT2D eigenvalue weighted by Gasteiger charge is -2.07. The second-order valence-electron chi connectivity index (χ2n) is 5.25. The standard InChI is InChI=1S/C17H22N2O2/c1-2-3-4-5-6-11-20-15-9-7-14(8-10-15)17-12-16(13-18)21-19-17/h7-10,16H,2-6,11-12H2,1H3. The number of nitrogens with zero attached hydrogens (tertiary/aromatic N) is 2. The summed E-state index contributed by atoms with van der Waals surface area (Å²) in [5, 5.41) is 12.7. The van der Waals surface area contributed by atoms with Crippen molar-refractivity contribution in [3.05, 3.63) is 29.8 Å². The number of nitriles is 1. The predicted molar refractivity (Wildman–Crippen MR) is 82.3 cm³/mol. The molecule has 0 N–H and O–H groups in total. The summed E-state index contributed by atoms with van der Waals surface area (Å²) in [6, 6.07) is 9.89. The molecule has 0 bridgehead atoms. The van der Waals surface area contributed by atoms with Gasteiger partial charge in [-0.25, -0.2) is 0 Å². The Morgan fingerprint density at radius 2 is 2.00 bits per heavy atom. The van der Waals surface area contributed by atoms with E-state index in [1.54, 1.807) is 0 Å². The third-order valence-corrected chi connectivity index (χ3v) is 3.52. The minimum Gasteiger partial charge on any atom is -0.494 e. The fourth-order valence-electron chi connectivity index (χ4n) is 2.26. The van der Waals surface area contributed by atoms with Gasteiger partial charge in [0.25, 0.3) is 0 Å². The fourth-order valence-corrected chi connectivity index (χ4v) is 2.26. The molecule has 4 nitrogen and oxygen atoms in total. The van der Waals surface area contributed by atoms with Crippen LogP contribution in [0.3, 0.4) is 0 Å². The highest BCUT2D eigenvalue weighted by atomic mass is 16.6. The van der Waals surface area contributed by atoms with Gasteiger partial charge in [-0.3, -0.25) is 0 Å². The Morgan fingerprint density at radius 1 is 1.24 bits per heavy atom. The quantitative estimate of drug-likeness (QED) is 0.677. The average molecular weight is 286 g/mol. The van der Waals surface area contributed by atoms with Gasteiger partial charge in [0.05, 0.1) is 12.3 Å². The molecule has 0 aromatic heterocycles. The zero-order valence-corrected chi connectivity index (χ0v) is 12.5. The maximum Gasteiger partial charge on any atom is 0.218 e. The zero-order chi connectivity index (χ0) is 14.9. The second kappa shape index (κ2) is 8.31. The van der Waals surface area contributed by atoms with Crippen molar-refractivity contribution in [2.45, 2.75) is 51.6 Å². The fraction of sp³-hybridized carbons (Fsp3) is 0.529. The van der Waals surface area contributed by atoms with Crippen LogP contribution in [0.1, 0.15) is 51.0 Å². The van der Waals surface area contributed by atoms with E-state index < -0.39 is 6.10 Å². The average Bonchev–Trinajstić information content (AvgIpc) is 3.00. The van der Waals surface area contributed by atoms with Crippen LogP contribution in [0.25, 0.3) is 0 Å². The number of oxime groups is 1. The molecular formula is C17H22N2O2. The third-order valence-electron chi connectivity index (χ3n) is 3.52. The molecule has 0 saturated carbocycles. The summed E-state index contributed by atoms with van der Waals surface area (Å²) in [6.07, 6.45) is 6.30. The smallest absolute Gasteiger partial charge is 0.218 e. The number of ether oxygens (including phenoxy) is 1. The molecule has 0 fully saturated rings. The van der Waals surface area contributed by atoms with Crippen LogP contribution in [0, 0.1) is 11.3 Å². The molecule has 0 aliphatic carbocycles. The molecule has 1 aromatic carbocycles. The first-order chi connectivity index (χ1) is 10.3. The monoisotopic (exact) mass is 286 g/mol. The summed E-state index contributed by atoms with van der Waals surface area (Å²) >= 11 is 0. The van der Waals surface area contributed by atoms with Crippen LogP contribution in [0.15, 0.2) is 29.4 Å². The van der Waals surface area contributed by atoms with E-state index in [0.29, 0.717) is 6.42 Å². The number of hydrogen-bond donors (Lipinski definition) is 0. The summed E-state index contributed by atoms with van der Waals surface area (Å²) in [5.74, 6) is 0.880. The molecule has 1 unspecified atom stereocenters.